The highest BCUT2D eigenvalue weighted by Crippen LogP contribution is 2.42. The molecule has 3 aromatic rings. The van der Waals surface area contributed by atoms with Crippen molar-refractivity contribution in [2.75, 3.05) is 24.1 Å². The summed E-state index contributed by atoms with van der Waals surface area (Å²) in [7, 11) is 1.64. The monoisotopic (exact) mass is 475 g/mol. The second kappa shape index (κ2) is 9.15. The molecule has 0 spiro atoms. The molecule has 1 aliphatic heterocycles. The lowest BCUT2D eigenvalue weighted by Crippen LogP contribution is -2.35. The van der Waals surface area contributed by atoms with E-state index in [4.69, 9.17) is 31.7 Å². The van der Waals surface area contributed by atoms with Crippen molar-refractivity contribution in [3.05, 3.63) is 34.7 Å². The molecule has 0 unspecified atom stereocenters. The van der Waals surface area contributed by atoms with Crippen molar-refractivity contribution in [2.24, 2.45) is 0 Å². The molecule has 0 bridgehead atoms. The number of thiophene rings is 1. The van der Waals surface area contributed by atoms with Gasteiger partial charge >= 0.3 is 0 Å². The van der Waals surface area contributed by atoms with E-state index in [-0.39, 0.29) is 5.60 Å². The molecule has 164 valence electrons. The molecule has 0 aliphatic carbocycles. The first-order valence-electron chi connectivity index (χ1n) is 9.92. The number of anilines is 2. The summed E-state index contributed by atoms with van der Waals surface area (Å²) < 4.78 is 11.3. The van der Waals surface area contributed by atoms with Gasteiger partial charge in [0.1, 0.15) is 10.6 Å². The number of hydrogen-bond donors (Lipinski definition) is 3. The number of rotatable bonds is 6. The van der Waals surface area contributed by atoms with E-state index in [9.17, 15) is 0 Å². The number of hydrazine groups is 1. The van der Waals surface area contributed by atoms with Crippen LogP contribution < -0.4 is 20.9 Å². The van der Waals surface area contributed by atoms with Crippen LogP contribution in [-0.4, -0.2) is 34.0 Å². The molecule has 0 amide bonds. The van der Waals surface area contributed by atoms with Crippen LogP contribution >= 0.6 is 35.3 Å². The summed E-state index contributed by atoms with van der Waals surface area (Å²) >= 11 is 8.64. The summed E-state index contributed by atoms with van der Waals surface area (Å²) in [6.45, 7) is 4.93. The van der Waals surface area contributed by atoms with Crippen LogP contribution in [0.25, 0.3) is 10.2 Å². The summed E-state index contributed by atoms with van der Waals surface area (Å²) in [5, 5.41) is 5.35. The minimum absolute atomic E-state index is 0.172. The van der Waals surface area contributed by atoms with Crippen molar-refractivity contribution < 1.29 is 9.47 Å². The molecule has 1 aromatic carbocycles. The van der Waals surface area contributed by atoms with Crippen molar-refractivity contribution in [3.63, 3.8) is 0 Å². The van der Waals surface area contributed by atoms with Crippen LogP contribution in [0.15, 0.2) is 29.4 Å². The Morgan fingerprint density at radius 2 is 2.10 bits per heavy atom. The number of nitrogens with one attached hydrogen (secondary N) is 3. The van der Waals surface area contributed by atoms with E-state index in [1.54, 1.807) is 18.4 Å². The van der Waals surface area contributed by atoms with Crippen molar-refractivity contribution in [1.29, 1.82) is 0 Å². The summed E-state index contributed by atoms with van der Waals surface area (Å²) in [5.74, 6) is 1.52. The maximum atomic E-state index is 6.13. The number of fused-ring (bicyclic) bond motifs is 3. The topological polar surface area (TPSA) is 80.3 Å². The first-order chi connectivity index (χ1) is 14.9. The Labute approximate surface area is 195 Å². The molecule has 0 saturated carbocycles. The third-order valence-electron chi connectivity index (χ3n) is 5.39. The molecule has 0 radical (unpaired) electrons. The summed E-state index contributed by atoms with van der Waals surface area (Å²) in [6.07, 6.45) is 3.76. The zero-order valence-corrected chi connectivity index (χ0v) is 20.3. The summed E-state index contributed by atoms with van der Waals surface area (Å²) in [4.78, 5) is 11.6. The maximum Gasteiger partial charge on any atom is 0.190 e. The predicted molar refractivity (Wildman–Crippen MR) is 132 cm³/mol. The molecule has 3 N–H and O–H groups in total. The normalized spacial score (nSPS) is 17.8. The number of thiocarbonyl (C=S) groups is 1. The van der Waals surface area contributed by atoms with Gasteiger partial charge in [-0.05, 0) is 61.6 Å². The van der Waals surface area contributed by atoms with Crippen LogP contribution in [0.2, 0.25) is 0 Å². The van der Waals surface area contributed by atoms with Crippen LogP contribution in [0.3, 0.4) is 0 Å². The van der Waals surface area contributed by atoms with Gasteiger partial charge in [0, 0.05) is 17.0 Å². The molecule has 1 atom stereocenters. The molecule has 2 aromatic heterocycles. The van der Waals surface area contributed by atoms with E-state index < -0.39 is 0 Å². The SMILES string of the molecule is CC[C@@]1(C)Cc2c(sc3nc(SC)nc(NNC(=S)Nc4ccc(OC)cc4)c23)CO1. The molecule has 10 heteroatoms. The van der Waals surface area contributed by atoms with Gasteiger partial charge in [-0.1, -0.05) is 18.7 Å². The van der Waals surface area contributed by atoms with Crippen molar-refractivity contribution in [3.8, 4) is 5.75 Å². The second-order valence-electron chi connectivity index (χ2n) is 7.44. The van der Waals surface area contributed by atoms with Crippen LogP contribution in [0.5, 0.6) is 5.75 Å². The van der Waals surface area contributed by atoms with E-state index in [1.165, 1.54) is 22.2 Å². The van der Waals surface area contributed by atoms with Crippen LogP contribution in [0.1, 0.15) is 30.7 Å². The Bertz CT molecular complexity index is 1100. The zero-order valence-electron chi connectivity index (χ0n) is 17.9. The number of benzene rings is 1. The maximum absolute atomic E-state index is 6.13. The van der Waals surface area contributed by atoms with Crippen molar-refractivity contribution in [2.45, 2.75) is 44.1 Å². The number of aromatic nitrogens is 2. The number of hydrogen-bond acceptors (Lipinski definition) is 8. The van der Waals surface area contributed by atoms with E-state index in [0.29, 0.717) is 16.9 Å². The fourth-order valence-electron chi connectivity index (χ4n) is 3.41. The average molecular weight is 476 g/mol. The Morgan fingerprint density at radius 3 is 2.77 bits per heavy atom. The Balaban J connectivity index is 1.57. The summed E-state index contributed by atoms with van der Waals surface area (Å²) in [5.41, 5.74) is 8.23. The average Bonchev–Trinajstić information content (AvgIpc) is 3.15. The van der Waals surface area contributed by atoms with Gasteiger partial charge < -0.3 is 14.8 Å². The smallest absolute Gasteiger partial charge is 0.190 e. The largest absolute Gasteiger partial charge is 0.497 e. The predicted octanol–water partition coefficient (Wildman–Crippen LogP) is 4.98. The first kappa shape index (κ1) is 22.1. The van der Waals surface area contributed by atoms with Crippen LogP contribution in [-0.2, 0) is 17.8 Å². The quantitative estimate of drug-likeness (QED) is 0.198. The van der Waals surface area contributed by atoms with Crippen molar-refractivity contribution in [1.82, 2.24) is 15.4 Å². The molecule has 4 rings (SSSR count). The lowest BCUT2D eigenvalue weighted by molar-refractivity contribution is -0.0542. The molecule has 0 fully saturated rings. The fourth-order valence-corrected chi connectivity index (χ4v) is 5.11. The van der Waals surface area contributed by atoms with Gasteiger partial charge in [-0.3, -0.25) is 10.9 Å². The Hall–Kier alpha value is -2.14. The molecule has 1 aliphatic rings. The molecular formula is C21H25N5O2S3. The molecule has 0 saturated heterocycles. The third-order valence-corrected chi connectivity index (χ3v) is 7.24. The van der Waals surface area contributed by atoms with Crippen LogP contribution in [0, 0.1) is 0 Å². The minimum Gasteiger partial charge on any atom is -0.497 e. The van der Waals surface area contributed by atoms with Gasteiger partial charge in [-0.15, -0.1) is 11.3 Å². The van der Waals surface area contributed by atoms with Gasteiger partial charge in [-0.25, -0.2) is 9.97 Å². The lowest BCUT2D eigenvalue weighted by Gasteiger charge is -2.33. The van der Waals surface area contributed by atoms with E-state index >= 15 is 0 Å². The minimum atomic E-state index is -0.172. The molecule has 3 heterocycles. The standard InChI is InChI=1S/C21H25N5O2S3/c1-5-21(2)10-14-15(11-28-21)31-18-16(14)17(23-20(24-18)30-4)25-26-19(29)22-12-6-8-13(27-3)9-7-12/h6-9H,5,10-11H2,1-4H3,(H2,22,26,29)(H,23,24,25)/t21-/m0/s1. The lowest BCUT2D eigenvalue weighted by atomic mass is 9.90. The van der Waals surface area contributed by atoms with Crippen molar-refractivity contribution >= 4 is 62.2 Å². The molecular weight excluding hydrogens is 450 g/mol. The fraction of sp³-hybridized carbons (Fsp3) is 0.381. The van der Waals surface area contributed by atoms with Gasteiger partial charge in [0.15, 0.2) is 16.1 Å². The molecule has 7 nitrogen and oxygen atoms in total. The van der Waals surface area contributed by atoms with E-state index in [0.717, 1.165) is 40.3 Å². The van der Waals surface area contributed by atoms with E-state index in [1.807, 2.05) is 30.5 Å². The highest BCUT2D eigenvalue weighted by Gasteiger charge is 2.33. The number of nitrogens with zero attached hydrogens (tertiary/aromatic N) is 2. The third kappa shape index (κ3) is 4.72. The first-order valence-corrected chi connectivity index (χ1v) is 12.4. The number of ether oxygens (including phenoxy) is 2. The Kier molecular flexibility index (Phi) is 6.52. The Morgan fingerprint density at radius 1 is 1.32 bits per heavy atom. The highest BCUT2D eigenvalue weighted by molar-refractivity contribution is 7.98. The zero-order chi connectivity index (χ0) is 22.0. The highest BCUT2D eigenvalue weighted by atomic mass is 32.2. The van der Waals surface area contributed by atoms with Gasteiger partial charge in [-0.2, -0.15) is 0 Å². The number of methoxy groups -OCH3 is 1. The molecule has 31 heavy (non-hydrogen) atoms. The second-order valence-corrected chi connectivity index (χ2v) is 9.71. The van der Waals surface area contributed by atoms with Crippen LogP contribution in [0.4, 0.5) is 11.5 Å². The van der Waals surface area contributed by atoms with Gasteiger partial charge in [0.05, 0.1) is 24.7 Å². The van der Waals surface area contributed by atoms with E-state index in [2.05, 4.69) is 30.0 Å². The van der Waals surface area contributed by atoms with Gasteiger partial charge in [0.25, 0.3) is 0 Å². The number of thioether (sulfide) groups is 1. The van der Waals surface area contributed by atoms with Gasteiger partial charge in [0.2, 0.25) is 0 Å². The summed E-state index contributed by atoms with van der Waals surface area (Å²) in [6, 6.07) is 7.56.